The summed E-state index contributed by atoms with van der Waals surface area (Å²) in [6, 6.07) is 35.1. The number of rotatable bonds is 3. The maximum absolute atomic E-state index is 5.70. The molecular formula is C57H66BN5. The summed E-state index contributed by atoms with van der Waals surface area (Å²) in [5.74, 6) is 2.47. The summed E-state index contributed by atoms with van der Waals surface area (Å²) in [4.78, 5) is 21.3. The van der Waals surface area contributed by atoms with Crippen molar-refractivity contribution in [3.63, 3.8) is 0 Å². The highest BCUT2D eigenvalue weighted by Crippen LogP contribution is 2.52. The van der Waals surface area contributed by atoms with Crippen LogP contribution < -0.4 is 26.2 Å². The molecule has 2 aromatic heterocycles. The van der Waals surface area contributed by atoms with Crippen LogP contribution in [0.1, 0.15) is 156 Å². The molecule has 0 unspecified atom stereocenters. The third-order valence-electron chi connectivity index (χ3n) is 15.6. The number of aromatic nitrogens is 3. The van der Waals surface area contributed by atoms with Gasteiger partial charge in [0.05, 0.1) is 0 Å². The molecule has 0 radical (unpaired) electrons. The molecule has 0 atom stereocenters. The van der Waals surface area contributed by atoms with Gasteiger partial charge in [-0.3, -0.25) is 14.8 Å². The molecule has 4 aromatic carbocycles. The molecule has 6 heteroatoms. The lowest BCUT2D eigenvalue weighted by atomic mass is 9.34. The monoisotopic (exact) mass is 832 g/mol. The van der Waals surface area contributed by atoms with Crippen molar-refractivity contribution in [1.29, 1.82) is 0 Å². The van der Waals surface area contributed by atoms with Crippen LogP contribution in [-0.4, -0.2) is 21.7 Å². The van der Waals surface area contributed by atoms with E-state index >= 15 is 0 Å². The number of pyridine rings is 1. The number of hydrogen-bond acceptors (Lipinski definition) is 5. The van der Waals surface area contributed by atoms with E-state index in [0.29, 0.717) is 5.82 Å². The lowest BCUT2D eigenvalue weighted by Gasteiger charge is -2.45. The predicted molar refractivity (Wildman–Crippen MR) is 267 cm³/mol. The van der Waals surface area contributed by atoms with Gasteiger partial charge in [0, 0.05) is 34.4 Å². The molecule has 0 N–H and O–H groups in total. The summed E-state index contributed by atoms with van der Waals surface area (Å²) in [7, 11) is 0. The summed E-state index contributed by atoms with van der Waals surface area (Å²) < 4.78 is 0. The van der Waals surface area contributed by atoms with E-state index in [1.807, 2.05) is 18.3 Å². The molecule has 0 bridgehead atoms. The second-order valence-corrected chi connectivity index (χ2v) is 24.0. The number of anilines is 6. The standard InChI is InChI=1S/C57H66BN5/c1-52(2,3)35-18-24-43-46(31-35)62(37-20-22-39-41(33-37)56(11,12)28-26-54(39,7)8)50-48-51(61-49(60-50)45-17-15-16-30-59-45)63(47-32-36(53(4,5)6)19-25-44(47)58(43)48)38-21-23-40-42(34-38)57(13,14)29-27-55(40,9)10/h15-25,30-34H,26-29H2,1-14H3. The van der Waals surface area contributed by atoms with Crippen molar-refractivity contribution in [2.24, 2.45) is 0 Å². The zero-order valence-corrected chi connectivity index (χ0v) is 40.4. The summed E-state index contributed by atoms with van der Waals surface area (Å²) >= 11 is 0. The Morgan fingerprint density at radius 2 is 0.921 bits per heavy atom. The topological polar surface area (TPSA) is 45.2 Å². The van der Waals surface area contributed by atoms with Gasteiger partial charge in [-0.15, -0.1) is 0 Å². The molecule has 6 aromatic rings. The molecule has 4 aliphatic rings. The summed E-state index contributed by atoms with van der Waals surface area (Å²) in [5.41, 5.74) is 17.6. The van der Waals surface area contributed by atoms with Crippen LogP contribution in [0.4, 0.5) is 34.4 Å². The minimum absolute atomic E-state index is 0.0365. The van der Waals surface area contributed by atoms with E-state index in [0.717, 1.165) is 47.0 Å². The van der Waals surface area contributed by atoms with Crippen LogP contribution in [-0.2, 0) is 32.5 Å². The molecule has 2 aliphatic carbocycles. The highest BCUT2D eigenvalue weighted by atomic mass is 15.3. The smallest absolute Gasteiger partial charge is 0.256 e. The van der Waals surface area contributed by atoms with Gasteiger partial charge in [-0.1, -0.05) is 139 Å². The van der Waals surface area contributed by atoms with Crippen LogP contribution in [0.2, 0.25) is 0 Å². The number of nitrogens with zero attached hydrogens (tertiary/aromatic N) is 5. The fraction of sp³-hybridized carbons (Fsp3) is 0.421. The van der Waals surface area contributed by atoms with Gasteiger partial charge >= 0.3 is 0 Å². The van der Waals surface area contributed by atoms with Gasteiger partial charge in [0.25, 0.3) is 6.71 Å². The molecule has 0 fully saturated rings. The molecule has 0 saturated heterocycles. The lowest BCUT2D eigenvalue weighted by molar-refractivity contribution is 0.332. The van der Waals surface area contributed by atoms with Crippen LogP contribution in [0.5, 0.6) is 0 Å². The van der Waals surface area contributed by atoms with Crippen molar-refractivity contribution in [3.05, 3.63) is 131 Å². The third kappa shape index (κ3) is 6.59. The van der Waals surface area contributed by atoms with Gasteiger partial charge in [0.1, 0.15) is 17.3 Å². The average molecular weight is 832 g/mol. The van der Waals surface area contributed by atoms with E-state index < -0.39 is 0 Å². The Labute approximate surface area is 377 Å². The van der Waals surface area contributed by atoms with E-state index in [4.69, 9.17) is 15.0 Å². The fourth-order valence-corrected chi connectivity index (χ4v) is 11.2. The first-order chi connectivity index (χ1) is 29.5. The van der Waals surface area contributed by atoms with E-state index in [1.165, 1.54) is 68.5 Å². The fourth-order valence-electron chi connectivity index (χ4n) is 11.2. The lowest BCUT2D eigenvalue weighted by Crippen LogP contribution is -2.62. The Morgan fingerprint density at radius 1 is 0.492 bits per heavy atom. The molecule has 0 spiro atoms. The van der Waals surface area contributed by atoms with Crippen LogP contribution >= 0.6 is 0 Å². The average Bonchev–Trinajstić information content (AvgIpc) is 3.23. The number of hydrogen-bond donors (Lipinski definition) is 0. The first kappa shape index (κ1) is 41.8. The highest BCUT2D eigenvalue weighted by Gasteiger charge is 2.47. The van der Waals surface area contributed by atoms with E-state index in [2.05, 4.69) is 186 Å². The molecule has 0 amide bonds. The number of fused-ring (bicyclic) bond motifs is 6. The van der Waals surface area contributed by atoms with Gasteiger partial charge in [-0.05, 0) is 151 Å². The zero-order chi connectivity index (χ0) is 44.8. The SMILES string of the molecule is CC(C)(C)c1ccc2c(c1)N(c1ccc3c(c1)C(C)(C)CCC3(C)C)c1nc(-c3ccccn3)nc3c1B2c1ccc(C(C)(C)C)cc1N3c1ccc2c(c1)C(C)(C)CCC2(C)C. The molecule has 2 aliphatic heterocycles. The second kappa shape index (κ2) is 13.6. The second-order valence-electron chi connectivity index (χ2n) is 24.0. The van der Waals surface area contributed by atoms with Gasteiger partial charge in [0.15, 0.2) is 5.82 Å². The summed E-state index contributed by atoms with van der Waals surface area (Å²) in [6.07, 6.45) is 6.50. The Balaban J connectivity index is 1.33. The Kier molecular flexibility index (Phi) is 9.05. The van der Waals surface area contributed by atoms with Gasteiger partial charge in [-0.25, -0.2) is 9.97 Å². The van der Waals surface area contributed by atoms with Crippen molar-refractivity contribution < 1.29 is 0 Å². The quantitative estimate of drug-likeness (QED) is 0.166. The molecule has 4 heterocycles. The molecule has 322 valence electrons. The Bertz CT molecular complexity index is 2670. The van der Waals surface area contributed by atoms with Gasteiger partial charge in [0.2, 0.25) is 0 Å². The normalized spacial score (nSPS) is 18.8. The Morgan fingerprint density at radius 3 is 1.32 bits per heavy atom. The Hall–Kier alpha value is -5.23. The minimum Gasteiger partial charge on any atom is -0.296 e. The van der Waals surface area contributed by atoms with Crippen LogP contribution in [0.25, 0.3) is 11.5 Å². The van der Waals surface area contributed by atoms with Crippen molar-refractivity contribution in [1.82, 2.24) is 15.0 Å². The first-order valence-electron chi connectivity index (χ1n) is 23.5. The molecular weight excluding hydrogens is 765 g/mol. The third-order valence-corrected chi connectivity index (χ3v) is 15.6. The van der Waals surface area contributed by atoms with Gasteiger partial charge in [-0.2, -0.15) is 0 Å². The summed E-state index contributed by atoms with van der Waals surface area (Å²) in [5, 5.41) is 0. The van der Waals surface area contributed by atoms with Crippen LogP contribution in [0, 0.1) is 0 Å². The van der Waals surface area contributed by atoms with Gasteiger partial charge < -0.3 is 0 Å². The van der Waals surface area contributed by atoms with E-state index in [1.54, 1.807) is 0 Å². The van der Waals surface area contributed by atoms with Crippen molar-refractivity contribution in [3.8, 4) is 11.5 Å². The zero-order valence-electron chi connectivity index (χ0n) is 40.4. The maximum Gasteiger partial charge on any atom is 0.256 e. The molecule has 0 saturated carbocycles. The van der Waals surface area contributed by atoms with E-state index in [-0.39, 0.29) is 39.2 Å². The minimum atomic E-state index is -0.0886. The first-order valence-corrected chi connectivity index (χ1v) is 23.5. The largest absolute Gasteiger partial charge is 0.296 e. The van der Waals surface area contributed by atoms with E-state index in [9.17, 15) is 0 Å². The predicted octanol–water partition coefficient (Wildman–Crippen LogP) is 12.9. The molecule has 63 heavy (non-hydrogen) atoms. The highest BCUT2D eigenvalue weighted by molar-refractivity contribution is 7.00. The van der Waals surface area contributed by atoms with Crippen molar-refractivity contribution >= 4 is 57.5 Å². The van der Waals surface area contributed by atoms with Crippen LogP contribution in [0.15, 0.2) is 97.2 Å². The van der Waals surface area contributed by atoms with Crippen molar-refractivity contribution in [2.45, 2.75) is 155 Å². The summed E-state index contributed by atoms with van der Waals surface area (Å²) in [6.45, 7) is 33.2. The maximum atomic E-state index is 5.70. The van der Waals surface area contributed by atoms with Crippen molar-refractivity contribution in [2.75, 3.05) is 9.80 Å². The molecule has 10 rings (SSSR count). The molecule has 5 nitrogen and oxygen atoms in total. The van der Waals surface area contributed by atoms with Crippen LogP contribution in [0.3, 0.4) is 0 Å². The number of benzene rings is 4.